The maximum Gasteiger partial charge on any atom is 0.342 e. The molecule has 2 aromatic carbocycles. The van der Waals surface area contributed by atoms with Crippen LogP contribution in [-0.4, -0.2) is 56.0 Å². The van der Waals surface area contributed by atoms with Gasteiger partial charge in [0.1, 0.15) is 12.0 Å². The summed E-state index contributed by atoms with van der Waals surface area (Å²) in [7, 11) is 1.72. The van der Waals surface area contributed by atoms with E-state index in [0.29, 0.717) is 42.0 Å². The molecule has 3 amide bonds. The molecule has 0 bridgehead atoms. The van der Waals surface area contributed by atoms with Crippen LogP contribution in [0.25, 0.3) is 0 Å². The summed E-state index contributed by atoms with van der Waals surface area (Å²) in [6.07, 6.45) is 1.58. The maximum atomic E-state index is 13.4. The highest BCUT2D eigenvalue weighted by Crippen LogP contribution is 2.48. The van der Waals surface area contributed by atoms with E-state index < -0.39 is 12.0 Å². The number of phenols is 1. The number of rotatable bonds is 11. The Balaban J connectivity index is 2.27. The van der Waals surface area contributed by atoms with Gasteiger partial charge in [0.05, 0.1) is 43.6 Å². The number of nitrogens with zero attached hydrogens (tertiary/aromatic N) is 3. The average molecular weight is 569 g/mol. The number of urea groups is 1. The lowest BCUT2D eigenvalue weighted by molar-refractivity contribution is -0.130. The predicted octanol–water partition coefficient (Wildman–Crippen LogP) is 5.02. The van der Waals surface area contributed by atoms with Gasteiger partial charge < -0.3 is 20.0 Å². The van der Waals surface area contributed by atoms with E-state index in [1.54, 1.807) is 45.2 Å². The Labute approximate surface area is 241 Å². The van der Waals surface area contributed by atoms with E-state index in [0.717, 1.165) is 12.0 Å². The van der Waals surface area contributed by atoms with Crippen molar-refractivity contribution < 1.29 is 29.0 Å². The van der Waals surface area contributed by atoms with Crippen LogP contribution in [0.2, 0.25) is 0 Å². The van der Waals surface area contributed by atoms with Crippen molar-refractivity contribution in [2.45, 2.75) is 66.2 Å². The highest BCUT2D eigenvalue weighted by molar-refractivity contribution is 6.04. The lowest BCUT2D eigenvalue weighted by Crippen LogP contribution is -2.52. The summed E-state index contributed by atoms with van der Waals surface area (Å²) in [5, 5.41) is 17.4. The molecular formula is C30H42N5O6+. The van der Waals surface area contributed by atoms with E-state index in [-0.39, 0.29) is 46.7 Å². The predicted molar refractivity (Wildman–Crippen MR) is 160 cm³/mol. The molecule has 41 heavy (non-hydrogen) atoms. The number of hydrogen-bond acceptors (Lipinski definition) is 8. The van der Waals surface area contributed by atoms with Crippen LogP contribution in [0, 0.1) is 0 Å². The summed E-state index contributed by atoms with van der Waals surface area (Å²) >= 11 is 0. The third kappa shape index (κ3) is 6.00. The smallest absolute Gasteiger partial charge is 0.342 e. The van der Waals surface area contributed by atoms with Crippen molar-refractivity contribution in [3.63, 3.8) is 0 Å². The molecule has 0 fully saturated rings. The van der Waals surface area contributed by atoms with Gasteiger partial charge in [0.25, 0.3) is 0 Å². The molecule has 1 aliphatic heterocycles. The molecule has 1 atom stereocenters. The number of aldehydes is 1. The summed E-state index contributed by atoms with van der Waals surface area (Å²) in [5.74, 6) is -0.906. The topological polar surface area (TPSA) is 128 Å². The summed E-state index contributed by atoms with van der Waals surface area (Å²) < 4.78 is 4.90. The molecule has 0 radical (unpaired) electrons. The number of hydrogen-bond donors (Lipinski definition) is 3. The monoisotopic (exact) mass is 568 g/mol. The maximum absolute atomic E-state index is 13.4. The first-order valence-electron chi connectivity index (χ1n) is 14.1. The van der Waals surface area contributed by atoms with Gasteiger partial charge in [0.2, 0.25) is 5.75 Å². The third-order valence-electron chi connectivity index (χ3n) is 7.84. The van der Waals surface area contributed by atoms with Crippen molar-refractivity contribution in [3.05, 3.63) is 41.5 Å². The van der Waals surface area contributed by atoms with Gasteiger partial charge >= 0.3 is 17.9 Å². The number of ether oxygens (including phenoxy) is 1. The highest BCUT2D eigenvalue weighted by Gasteiger charge is 2.41. The Kier molecular flexibility index (Phi) is 9.65. The number of anilines is 3. The summed E-state index contributed by atoms with van der Waals surface area (Å²) in [5.41, 5.74) is 5.50. The number of hydrazine groups is 2. The van der Waals surface area contributed by atoms with Gasteiger partial charge in [-0.25, -0.2) is 18.9 Å². The van der Waals surface area contributed by atoms with Gasteiger partial charge in [0, 0.05) is 19.0 Å². The Hall–Kier alpha value is -4.12. The van der Waals surface area contributed by atoms with E-state index in [4.69, 9.17) is 4.74 Å². The largest absolute Gasteiger partial charge is 0.501 e. The van der Waals surface area contributed by atoms with Crippen molar-refractivity contribution in [3.8, 4) is 5.75 Å². The lowest BCUT2D eigenvalue weighted by Gasteiger charge is -2.36. The molecule has 1 aliphatic rings. The standard InChI is InChI=1S/C30H41N5O6/c1-8-30(5,6)21-18-24(27(38)25(19-21)35(7,10-3)26(37)13-12-16-36)34-32-22-17-20(28(39)41-11-4)14-15-23(22)33(34)29(40)31-9-2/h14-19,32H,8-13H2,1-7H3,(H-,31,38,40)/p+1. The van der Waals surface area contributed by atoms with Gasteiger partial charge in [-0.1, -0.05) is 20.8 Å². The quantitative estimate of drug-likeness (QED) is 0.196. The Morgan fingerprint density at radius 3 is 2.39 bits per heavy atom. The fourth-order valence-corrected chi connectivity index (χ4v) is 4.66. The van der Waals surface area contributed by atoms with Gasteiger partial charge in [-0.2, -0.15) is 10.1 Å². The van der Waals surface area contributed by atoms with Gasteiger partial charge in [0.15, 0.2) is 5.69 Å². The second-order valence-electron chi connectivity index (χ2n) is 10.7. The molecule has 11 nitrogen and oxygen atoms in total. The number of carbonyl (C=O) groups excluding carboxylic acids is 4. The molecule has 11 heteroatoms. The van der Waals surface area contributed by atoms with Crippen molar-refractivity contribution >= 4 is 46.9 Å². The van der Waals surface area contributed by atoms with E-state index in [1.807, 2.05) is 13.0 Å². The Morgan fingerprint density at radius 2 is 1.80 bits per heavy atom. The van der Waals surface area contributed by atoms with Crippen LogP contribution in [0.3, 0.4) is 0 Å². The normalized spacial score (nSPS) is 14.1. The minimum absolute atomic E-state index is 0.0269. The second-order valence-corrected chi connectivity index (χ2v) is 10.7. The number of phenolic OH excluding ortho intramolecular Hbond substituents is 1. The molecule has 1 unspecified atom stereocenters. The van der Waals surface area contributed by atoms with E-state index >= 15 is 0 Å². The second kappa shape index (κ2) is 12.6. The number of esters is 1. The fourth-order valence-electron chi connectivity index (χ4n) is 4.66. The van der Waals surface area contributed by atoms with Crippen LogP contribution < -0.4 is 25.4 Å². The molecule has 1 heterocycles. The van der Waals surface area contributed by atoms with Crippen LogP contribution in [0.4, 0.5) is 27.5 Å². The van der Waals surface area contributed by atoms with Crippen LogP contribution in [0.15, 0.2) is 30.3 Å². The molecule has 0 saturated carbocycles. The van der Waals surface area contributed by atoms with Crippen LogP contribution >= 0.6 is 0 Å². The minimum Gasteiger partial charge on any atom is -0.501 e. The first-order valence-corrected chi connectivity index (χ1v) is 14.1. The van der Waals surface area contributed by atoms with Gasteiger partial charge in [-0.15, -0.1) is 0 Å². The van der Waals surface area contributed by atoms with Crippen LogP contribution in [0.5, 0.6) is 5.75 Å². The molecule has 3 N–H and O–H groups in total. The molecule has 0 aromatic heterocycles. The number of quaternary nitrogens is 1. The number of aromatic hydroxyl groups is 1. The van der Waals surface area contributed by atoms with Crippen LogP contribution in [-0.2, 0) is 19.7 Å². The number of nitrogens with one attached hydrogen (secondary N) is 2. The van der Waals surface area contributed by atoms with E-state index in [2.05, 4.69) is 31.5 Å². The number of fused-ring (bicyclic) bond motifs is 1. The average Bonchev–Trinajstić information content (AvgIpc) is 3.34. The molecular weight excluding hydrogens is 526 g/mol. The zero-order valence-corrected chi connectivity index (χ0v) is 25.0. The Bertz CT molecular complexity index is 1330. The fraction of sp³-hybridized carbons (Fsp3) is 0.467. The highest BCUT2D eigenvalue weighted by atomic mass is 16.5. The molecule has 222 valence electrons. The summed E-state index contributed by atoms with van der Waals surface area (Å²) in [6, 6.07) is 7.98. The van der Waals surface area contributed by atoms with Crippen molar-refractivity contribution in [1.29, 1.82) is 0 Å². The Morgan fingerprint density at radius 1 is 1.10 bits per heavy atom. The summed E-state index contributed by atoms with van der Waals surface area (Å²) in [6.45, 7) is 12.5. The molecule has 0 saturated heterocycles. The lowest BCUT2D eigenvalue weighted by atomic mass is 9.81. The minimum atomic E-state index is -0.498. The summed E-state index contributed by atoms with van der Waals surface area (Å²) in [4.78, 5) is 50.3. The zero-order chi connectivity index (χ0) is 30.5. The molecule has 0 spiro atoms. The molecule has 2 aromatic rings. The molecule has 0 aliphatic carbocycles. The third-order valence-corrected chi connectivity index (χ3v) is 7.84. The van der Waals surface area contributed by atoms with Crippen molar-refractivity contribution in [2.75, 3.05) is 42.3 Å². The van der Waals surface area contributed by atoms with Crippen molar-refractivity contribution in [1.82, 2.24) is 9.80 Å². The number of benzene rings is 2. The first-order chi connectivity index (χ1) is 19.4. The number of carbonyl (C=O) groups is 4. The van der Waals surface area contributed by atoms with E-state index in [9.17, 15) is 24.3 Å². The van der Waals surface area contributed by atoms with Gasteiger partial charge in [-0.3, -0.25) is 5.43 Å². The first kappa shape index (κ1) is 31.4. The van der Waals surface area contributed by atoms with Crippen LogP contribution in [0.1, 0.15) is 76.7 Å². The number of amides is 3. The SMILES string of the molecule is CCNC(=O)N1c2ccc(C(=O)OCC)cc2NN1c1cc(C(C)(C)CC)cc([N+](C)(CC)C(=O)CCC=O)c1O. The molecule has 3 rings (SSSR count). The zero-order valence-electron chi connectivity index (χ0n) is 25.0. The van der Waals surface area contributed by atoms with Crippen molar-refractivity contribution in [2.24, 2.45) is 0 Å². The van der Waals surface area contributed by atoms with Gasteiger partial charge in [-0.05, 0) is 62.4 Å². The van der Waals surface area contributed by atoms with E-state index in [1.165, 1.54) is 10.1 Å².